The average Bonchev–Trinajstić information content (AvgIpc) is 2.36. The molecule has 0 saturated carbocycles. The second-order valence-corrected chi connectivity index (χ2v) is 6.43. The van der Waals surface area contributed by atoms with Crippen LogP contribution < -0.4 is 9.46 Å². The smallest absolute Gasteiger partial charge is 0.240 e. The van der Waals surface area contributed by atoms with Crippen LogP contribution in [0.15, 0.2) is 29.2 Å². The molecule has 0 radical (unpaired) electrons. The molecule has 0 aliphatic carbocycles. The minimum atomic E-state index is -3.43. The summed E-state index contributed by atoms with van der Waals surface area (Å²) in [5.41, 5.74) is 0.800. The number of benzene rings is 1. The Morgan fingerprint density at radius 2 is 2.17 bits per heavy atom. The van der Waals surface area contributed by atoms with Gasteiger partial charge in [-0.15, -0.1) is 0 Å². The van der Waals surface area contributed by atoms with E-state index >= 15 is 0 Å². The highest BCUT2D eigenvalue weighted by Crippen LogP contribution is 2.26. The number of hydrogen-bond acceptors (Lipinski definition) is 3. The van der Waals surface area contributed by atoms with E-state index in [1.165, 1.54) is 0 Å². The second kappa shape index (κ2) is 5.12. The second-order valence-electron chi connectivity index (χ2n) is 4.66. The van der Waals surface area contributed by atoms with Crippen molar-refractivity contribution in [3.05, 3.63) is 29.8 Å². The van der Waals surface area contributed by atoms with Crippen molar-refractivity contribution in [2.45, 2.75) is 18.7 Å². The first-order valence-electron chi connectivity index (χ1n) is 5.92. The van der Waals surface area contributed by atoms with E-state index in [4.69, 9.17) is 4.74 Å². The van der Waals surface area contributed by atoms with Gasteiger partial charge < -0.3 is 4.74 Å². The first-order valence-corrected chi connectivity index (χ1v) is 7.40. The molecule has 5 heteroatoms. The van der Waals surface area contributed by atoms with Gasteiger partial charge in [0.1, 0.15) is 12.4 Å². The van der Waals surface area contributed by atoms with Crippen LogP contribution in [-0.4, -0.2) is 21.6 Å². The molecule has 1 aliphatic rings. The van der Waals surface area contributed by atoms with Gasteiger partial charge in [-0.3, -0.25) is 0 Å². The lowest BCUT2D eigenvalue weighted by molar-refractivity contribution is 0.358. The Bertz CT molecular complexity index is 562. The Labute approximate surface area is 108 Å². The number of nitrogens with one attached hydrogen (secondary N) is 1. The van der Waals surface area contributed by atoms with Gasteiger partial charge in [-0.05, 0) is 30.2 Å². The summed E-state index contributed by atoms with van der Waals surface area (Å²) in [5.74, 6) is 1.00. The predicted molar refractivity (Wildman–Crippen MR) is 71.0 cm³/mol. The van der Waals surface area contributed by atoms with Gasteiger partial charge >= 0.3 is 0 Å². The quantitative estimate of drug-likeness (QED) is 0.908. The first kappa shape index (κ1) is 13.1. The van der Waals surface area contributed by atoms with Gasteiger partial charge in [0.05, 0.1) is 4.90 Å². The number of fused-ring (bicyclic) bond motifs is 1. The molecule has 1 heterocycles. The summed E-state index contributed by atoms with van der Waals surface area (Å²) in [5, 5.41) is 0. The van der Waals surface area contributed by atoms with Gasteiger partial charge in [0.25, 0.3) is 0 Å². The van der Waals surface area contributed by atoms with Crippen LogP contribution in [0.1, 0.15) is 19.4 Å². The van der Waals surface area contributed by atoms with E-state index in [0.717, 1.165) is 11.3 Å². The van der Waals surface area contributed by atoms with E-state index in [2.05, 4.69) is 4.72 Å². The van der Waals surface area contributed by atoms with E-state index in [-0.39, 0.29) is 10.8 Å². The summed E-state index contributed by atoms with van der Waals surface area (Å²) in [6.07, 6.45) is 3.74. The lowest BCUT2D eigenvalue weighted by Crippen LogP contribution is -2.27. The van der Waals surface area contributed by atoms with E-state index in [1.807, 2.05) is 26.0 Å². The third-order valence-electron chi connectivity index (χ3n) is 2.61. The van der Waals surface area contributed by atoms with Gasteiger partial charge in [0, 0.05) is 12.1 Å². The monoisotopic (exact) mass is 267 g/mol. The molecule has 1 N–H and O–H groups in total. The Hall–Kier alpha value is -1.33. The van der Waals surface area contributed by atoms with Crippen molar-refractivity contribution in [2.24, 2.45) is 5.92 Å². The molecule has 0 atom stereocenters. The highest BCUT2D eigenvalue weighted by molar-refractivity contribution is 7.89. The van der Waals surface area contributed by atoms with Crippen molar-refractivity contribution in [1.82, 2.24) is 4.72 Å². The highest BCUT2D eigenvalue weighted by atomic mass is 32.2. The number of hydrogen-bond donors (Lipinski definition) is 1. The molecule has 2 rings (SSSR count). The minimum Gasteiger partial charge on any atom is -0.489 e. The Kier molecular flexibility index (Phi) is 3.73. The Morgan fingerprint density at radius 1 is 1.39 bits per heavy atom. The van der Waals surface area contributed by atoms with Crippen LogP contribution in [0.25, 0.3) is 6.08 Å². The zero-order valence-corrected chi connectivity index (χ0v) is 11.3. The van der Waals surface area contributed by atoms with Crippen molar-refractivity contribution in [2.75, 3.05) is 13.2 Å². The van der Waals surface area contributed by atoms with Crippen molar-refractivity contribution in [3.63, 3.8) is 0 Å². The summed E-state index contributed by atoms with van der Waals surface area (Å²) < 4.78 is 32.1. The van der Waals surface area contributed by atoms with Gasteiger partial charge in [0.2, 0.25) is 10.0 Å². The summed E-state index contributed by atoms with van der Waals surface area (Å²) >= 11 is 0. The molecule has 1 aromatic rings. The molecular formula is C13H17NO3S. The fraction of sp³-hybridized carbons (Fsp3) is 0.385. The molecule has 0 aromatic heterocycles. The summed E-state index contributed by atoms with van der Waals surface area (Å²) in [6.45, 7) is 4.90. The van der Waals surface area contributed by atoms with Crippen LogP contribution in [0.4, 0.5) is 0 Å². The molecule has 0 fully saturated rings. The van der Waals surface area contributed by atoms with Crippen molar-refractivity contribution in [3.8, 4) is 5.75 Å². The SMILES string of the molecule is CC(C)CNS(=O)(=O)c1ccc2c(c1)C=CCO2. The largest absolute Gasteiger partial charge is 0.489 e. The maximum absolute atomic E-state index is 12.0. The summed E-state index contributed by atoms with van der Waals surface area (Å²) in [6, 6.07) is 4.90. The highest BCUT2D eigenvalue weighted by Gasteiger charge is 2.16. The molecular weight excluding hydrogens is 250 g/mol. The summed E-state index contributed by atoms with van der Waals surface area (Å²) in [7, 11) is -3.43. The first-order chi connectivity index (χ1) is 8.49. The van der Waals surface area contributed by atoms with Gasteiger partial charge in [-0.25, -0.2) is 13.1 Å². The molecule has 0 unspecified atom stereocenters. The number of rotatable bonds is 4. The Balaban J connectivity index is 2.26. The lowest BCUT2D eigenvalue weighted by Gasteiger charge is -2.14. The maximum Gasteiger partial charge on any atom is 0.240 e. The van der Waals surface area contributed by atoms with Gasteiger partial charge in [-0.2, -0.15) is 0 Å². The molecule has 0 spiro atoms. The average molecular weight is 267 g/mol. The predicted octanol–water partition coefficient (Wildman–Crippen LogP) is 2.03. The fourth-order valence-corrected chi connectivity index (χ4v) is 2.88. The van der Waals surface area contributed by atoms with Crippen LogP contribution in [0.5, 0.6) is 5.75 Å². The standard InChI is InChI=1S/C13H17NO3S/c1-10(2)9-14-18(15,16)12-5-6-13-11(8-12)4-3-7-17-13/h3-6,8,10,14H,7,9H2,1-2H3. The van der Waals surface area contributed by atoms with Crippen LogP contribution in [0, 0.1) is 5.92 Å². The fourth-order valence-electron chi connectivity index (χ4n) is 1.63. The number of ether oxygens (including phenoxy) is 1. The Morgan fingerprint density at radius 3 is 2.89 bits per heavy atom. The van der Waals surface area contributed by atoms with Gasteiger partial charge in [0.15, 0.2) is 0 Å². The molecule has 4 nitrogen and oxygen atoms in total. The van der Waals surface area contributed by atoms with Crippen LogP contribution in [-0.2, 0) is 10.0 Å². The van der Waals surface area contributed by atoms with Crippen molar-refractivity contribution in [1.29, 1.82) is 0 Å². The molecule has 98 valence electrons. The minimum absolute atomic E-state index is 0.275. The zero-order chi connectivity index (χ0) is 13.2. The van der Waals surface area contributed by atoms with Crippen LogP contribution in [0.3, 0.4) is 0 Å². The molecule has 0 amide bonds. The zero-order valence-electron chi connectivity index (χ0n) is 10.5. The van der Waals surface area contributed by atoms with Crippen molar-refractivity contribution < 1.29 is 13.2 Å². The number of sulfonamides is 1. The van der Waals surface area contributed by atoms with E-state index in [0.29, 0.717) is 13.2 Å². The molecule has 0 bridgehead atoms. The normalized spacial score (nSPS) is 14.4. The van der Waals surface area contributed by atoms with E-state index in [1.54, 1.807) is 18.2 Å². The molecule has 1 aliphatic heterocycles. The molecule has 1 aromatic carbocycles. The van der Waals surface area contributed by atoms with E-state index < -0.39 is 10.0 Å². The lowest BCUT2D eigenvalue weighted by atomic mass is 10.1. The van der Waals surface area contributed by atoms with Gasteiger partial charge in [-0.1, -0.05) is 19.9 Å². The molecule has 0 saturated heterocycles. The van der Waals surface area contributed by atoms with Crippen LogP contribution >= 0.6 is 0 Å². The third-order valence-corrected chi connectivity index (χ3v) is 4.03. The molecule has 18 heavy (non-hydrogen) atoms. The van der Waals surface area contributed by atoms with Crippen LogP contribution in [0.2, 0.25) is 0 Å². The van der Waals surface area contributed by atoms with E-state index in [9.17, 15) is 8.42 Å². The topological polar surface area (TPSA) is 55.4 Å². The third kappa shape index (κ3) is 2.91. The summed E-state index contributed by atoms with van der Waals surface area (Å²) in [4.78, 5) is 0.275. The van der Waals surface area contributed by atoms with Crippen molar-refractivity contribution >= 4 is 16.1 Å². The maximum atomic E-state index is 12.0.